The third kappa shape index (κ3) is 7.37. The van der Waals surface area contributed by atoms with Gasteiger partial charge in [0.25, 0.3) is 0 Å². The van der Waals surface area contributed by atoms with Crippen LogP contribution < -0.4 is 9.80 Å². The Balaban J connectivity index is 0.967. The predicted molar refractivity (Wildman–Crippen MR) is 238 cm³/mol. The van der Waals surface area contributed by atoms with Gasteiger partial charge in [-0.1, -0.05) is 170 Å². The largest absolute Gasteiger partial charge is 0.311 e. The smallest absolute Gasteiger partial charge is 0.0630 e. The molecule has 0 heterocycles. The van der Waals surface area contributed by atoms with E-state index in [4.69, 9.17) is 13.7 Å². The van der Waals surface area contributed by atoms with Crippen molar-refractivity contribution in [2.45, 2.75) is 0 Å². The number of nitrogens with zero attached hydrogens (tertiary/aromatic N) is 2. The first kappa shape index (κ1) is 24.8. The van der Waals surface area contributed by atoms with Crippen molar-refractivity contribution in [2.75, 3.05) is 9.80 Å². The molecule has 0 aliphatic carbocycles. The first-order chi connectivity index (χ1) is 31.9. The van der Waals surface area contributed by atoms with Crippen LogP contribution >= 0.6 is 0 Å². The van der Waals surface area contributed by atoms with E-state index < -0.39 is 0 Å². The SMILES string of the molecule is [2H]c1cc(N(c2ccccc2)c2ccc(-c3ccc(-c4ccc(N(c5ccccc5)c5ccc(-c6cc([2H])c([2H])c([2H])c6[2H])c([2H])c5)cc4)cc3)cc2)ccc1-c1cc([2H])c([2H])c([2H])c1[2H]. The molecule has 0 radical (unpaired) electrons. The molecule has 0 atom stereocenters. The fourth-order valence-corrected chi connectivity index (χ4v) is 6.80. The lowest BCUT2D eigenvalue weighted by atomic mass is 9.99. The third-order valence-corrected chi connectivity index (χ3v) is 9.62. The average molecular weight is 727 g/mol. The molecule has 0 saturated heterocycles. The summed E-state index contributed by atoms with van der Waals surface area (Å²) in [5, 5.41) is 0. The molecule has 0 unspecified atom stereocenters. The summed E-state index contributed by atoms with van der Waals surface area (Å²) >= 11 is 0. The lowest BCUT2D eigenvalue weighted by molar-refractivity contribution is 1.28. The van der Waals surface area contributed by atoms with E-state index >= 15 is 0 Å². The monoisotopic (exact) mass is 726 g/mol. The van der Waals surface area contributed by atoms with Crippen molar-refractivity contribution >= 4 is 34.1 Å². The Morgan fingerprint density at radius 1 is 0.214 bits per heavy atom. The van der Waals surface area contributed by atoms with Crippen LogP contribution in [-0.4, -0.2) is 0 Å². The van der Waals surface area contributed by atoms with Crippen LogP contribution in [0.4, 0.5) is 34.1 Å². The highest BCUT2D eigenvalue weighted by molar-refractivity contribution is 5.82. The second-order valence-electron chi connectivity index (χ2n) is 13.1. The van der Waals surface area contributed by atoms with Gasteiger partial charge in [0.15, 0.2) is 0 Å². The van der Waals surface area contributed by atoms with Gasteiger partial charge in [0.2, 0.25) is 0 Å². The molecule has 0 fully saturated rings. The van der Waals surface area contributed by atoms with E-state index in [-0.39, 0.29) is 71.6 Å². The van der Waals surface area contributed by atoms with E-state index in [2.05, 4.69) is 58.3 Å². The fraction of sp³-hybridized carbons (Fsp3) is 0. The van der Waals surface area contributed by atoms with E-state index in [1.54, 1.807) is 24.3 Å². The quantitative estimate of drug-likeness (QED) is 0.138. The normalized spacial score (nSPS) is 13.4. The second kappa shape index (κ2) is 15.9. The van der Waals surface area contributed by atoms with Crippen LogP contribution in [0.2, 0.25) is 0 Å². The van der Waals surface area contributed by atoms with Crippen LogP contribution in [-0.2, 0) is 0 Å². The molecule has 0 N–H and O–H groups in total. The Morgan fingerprint density at radius 2 is 0.500 bits per heavy atom. The number of anilines is 6. The number of rotatable bonds is 10. The first-order valence-corrected chi connectivity index (χ1v) is 18.3. The summed E-state index contributed by atoms with van der Waals surface area (Å²) in [7, 11) is 0. The summed E-state index contributed by atoms with van der Waals surface area (Å²) in [6.07, 6.45) is 0. The highest BCUT2D eigenvalue weighted by Crippen LogP contribution is 2.39. The van der Waals surface area contributed by atoms with Gasteiger partial charge in [-0.2, -0.15) is 0 Å². The molecule has 0 aliphatic rings. The molecule has 2 nitrogen and oxygen atoms in total. The van der Waals surface area contributed by atoms with Gasteiger partial charge in [0.05, 0.1) is 13.7 Å². The van der Waals surface area contributed by atoms with Crippen molar-refractivity contribution in [1.82, 2.24) is 0 Å². The Labute approximate surface area is 343 Å². The standard InChI is InChI=1S/C54H40N2/c1-5-13-41(14-6-1)45-25-33-51(34-26-45)55(49-17-9-3-10-18-49)53-37-29-47(30-38-53)43-21-23-44(24-22-43)48-31-39-54(40-32-48)56(50-19-11-4-12-20-50)52-35-27-46(28-36-52)42-15-7-2-8-16-42/h1-40H/i1D,2D,5D,6D,7D,8D,13D,15D,25D,27D. The summed E-state index contributed by atoms with van der Waals surface area (Å²) in [4.78, 5) is 4.10. The maximum Gasteiger partial charge on any atom is 0.0630 e. The van der Waals surface area contributed by atoms with Crippen LogP contribution in [0, 0.1) is 0 Å². The Kier molecular flexibility index (Phi) is 7.04. The molecule has 0 spiro atoms. The number of hydrogen-bond donors (Lipinski definition) is 0. The maximum atomic E-state index is 8.94. The summed E-state index contributed by atoms with van der Waals surface area (Å²) < 4.78 is 83.1. The molecule has 0 aromatic heterocycles. The van der Waals surface area contributed by atoms with Crippen molar-refractivity contribution in [3.05, 3.63) is 242 Å². The van der Waals surface area contributed by atoms with Crippen LogP contribution in [0.1, 0.15) is 13.7 Å². The van der Waals surface area contributed by atoms with Gasteiger partial charge in [0.1, 0.15) is 0 Å². The van der Waals surface area contributed by atoms with Crippen LogP contribution in [0.25, 0.3) is 44.5 Å². The van der Waals surface area contributed by atoms with Gasteiger partial charge in [-0.3, -0.25) is 0 Å². The Morgan fingerprint density at radius 3 is 0.857 bits per heavy atom. The molecule has 0 saturated carbocycles. The molecule has 0 aliphatic heterocycles. The van der Waals surface area contributed by atoms with E-state index in [1.807, 2.05) is 97.1 Å². The van der Waals surface area contributed by atoms with Crippen LogP contribution in [0.5, 0.6) is 0 Å². The van der Waals surface area contributed by atoms with Crippen molar-refractivity contribution in [2.24, 2.45) is 0 Å². The maximum absolute atomic E-state index is 8.94. The van der Waals surface area contributed by atoms with E-state index in [9.17, 15) is 0 Å². The number of para-hydroxylation sites is 2. The molecule has 9 aromatic rings. The fourth-order valence-electron chi connectivity index (χ4n) is 6.80. The summed E-state index contributed by atoms with van der Waals surface area (Å²) in [5.41, 5.74) is 10.5. The zero-order valence-corrected chi connectivity index (χ0v) is 30.2. The number of benzene rings is 9. The van der Waals surface area contributed by atoms with Gasteiger partial charge < -0.3 is 9.80 Å². The molecular weight excluding hydrogens is 677 g/mol. The van der Waals surface area contributed by atoms with E-state index in [1.165, 1.54) is 12.1 Å². The molecule has 0 bridgehead atoms. The molecule has 2 heteroatoms. The lowest BCUT2D eigenvalue weighted by Crippen LogP contribution is -2.09. The van der Waals surface area contributed by atoms with Crippen molar-refractivity contribution < 1.29 is 13.7 Å². The van der Waals surface area contributed by atoms with Crippen molar-refractivity contribution in [3.63, 3.8) is 0 Å². The Bertz CT molecular complexity index is 3020. The molecule has 0 amide bonds. The van der Waals surface area contributed by atoms with Gasteiger partial charge in [-0.15, -0.1) is 0 Å². The minimum Gasteiger partial charge on any atom is -0.311 e. The van der Waals surface area contributed by atoms with Crippen LogP contribution in [0.15, 0.2) is 242 Å². The van der Waals surface area contributed by atoms with Gasteiger partial charge in [-0.05, 0) is 117 Å². The van der Waals surface area contributed by atoms with E-state index in [0.717, 1.165) is 56.4 Å². The van der Waals surface area contributed by atoms with Crippen molar-refractivity contribution in [3.8, 4) is 44.5 Å². The summed E-state index contributed by atoms with van der Waals surface area (Å²) in [6, 6.07) is 56.3. The molecule has 9 aromatic carbocycles. The van der Waals surface area contributed by atoms with Crippen LogP contribution in [0.3, 0.4) is 0 Å². The highest BCUT2D eigenvalue weighted by Gasteiger charge is 2.15. The minimum atomic E-state index is -0.330. The topological polar surface area (TPSA) is 6.48 Å². The molecule has 266 valence electrons. The van der Waals surface area contributed by atoms with Crippen molar-refractivity contribution in [1.29, 1.82) is 0 Å². The first-order valence-electron chi connectivity index (χ1n) is 23.3. The zero-order chi connectivity index (χ0) is 46.2. The molecule has 56 heavy (non-hydrogen) atoms. The Hall–Kier alpha value is -7.42. The second-order valence-corrected chi connectivity index (χ2v) is 13.1. The molecule has 9 rings (SSSR count). The average Bonchev–Trinajstić information content (AvgIpc) is 3.34. The summed E-state index contributed by atoms with van der Waals surface area (Å²) in [6.45, 7) is 0. The zero-order valence-electron chi connectivity index (χ0n) is 40.2. The summed E-state index contributed by atoms with van der Waals surface area (Å²) in [5.74, 6) is 0. The third-order valence-electron chi connectivity index (χ3n) is 9.62. The van der Waals surface area contributed by atoms with E-state index in [0.29, 0.717) is 11.1 Å². The van der Waals surface area contributed by atoms with Gasteiger partial charge in [-0.25, -0.2) is 0 Å². The highest BCUT2D eigenvalue weighted by atomic mass is 15.1. The lowest BCUT2D eigenvalue weighted by Gasteiger charge is -2.26. The predicted octanol–water partition coefficient (Wildman–Crippen LogP) is 15.3. The van der Waals surface area contributed by atoms with Gasteiger partial charge in [0, 0.05) is 34.1 Å². The molecular formula is C54H40N2. The number of hydrogen-bond acceptors (Lipinski definition) is 2. The van der Waals surface area contributed by atoms with Gasteiger partial charge >= 0.3 is 0 Å². The minimum absolute atomic E-state index is 0.138.